The van der Waals surface area contributed by atoms with Crippen molar-refractivity contribution in [1.82, 2.24) is 0 Å². The number of hydrogen-bond acceptors (Lipinski definition) is 2. The molecule has 0 bridgehead atoms. The molecule has 0 unspecified atom stereocenters. The van der Waals surface area contributed by atoms with Crippen LogP contribution >= 0.6 is 0 Å². The Morgan fingerprint density at radius 3 is 2.53 bits per heavy atom. The molecule has 0 amide bonds. The second-order valence-corrected chi connectivity index (χ2v) is 4.72. The van der Waals surface area contributed by atoms with E-state index in [2.05, 4.69) is 6.92 Å². The van der Waals surface area contributed by atoms with E-state index in [1.54, 1.807) is 0 Å². The molecule has 0 aliphatic carbocycles. The lowest BCUT2D eigenvalue weighted by atomic mass is 9.98. The molecule has 0 saturated heterocycles. The van der Waals surface area contributed by atoms with Gasteiger partial charge in [0.2, 0.25) is 0 Å². The molecule has 19 heavy (non-hydrogen) atoms. The minimum Gasteiger partial charge on any atom is -0.398 e. The summed E-state index contributed by atoms with van der Waals surface area (Å²) in [4.78, 5) is 12.4. The van der Waals surface area contributed by atoms with Crippen LogP contribution in [0.5, 0.6) is 0 Å². The van der Waals surface area contributed by atoms with Crippen molar-refractivity contribution in [3.63, 3.8) is 0 Å². The predicted molar refractivity (Wildman–Crippen MR) is 79.3 cm³/mol. The molecule has 0 fully saturated rings. The Labute approximate surface area is 114 Å². The third-order valence-electron chi connectivity index (χ3n) is 3.22. The van der Waals surface area contributed by atoms with Gasteiger partial charge in [-0.2, -0.15) is 0 Å². The second-order valence-electron chi connectivity index (χ2n) is 4.72. The van der Waals surface area contributed by atoms with Crippen LogP contribution in [0.2, 0.25) is 0 Å². The summed E-state index contributed by atoms with van der Waals surface area (Å²) in [5.74, 6) is -0.00329. The Balaban J connectivity index is 2.30. The molecule has 0 spiro atoms. The van der Waals surface area contributed by atoms with E-state index >= 15 is 0 Å². The first-order valence-electron chi connectivity index (χ1n) is 6.70. The number of nitrogens with two attached hydrogens (primary N) is 1. The molecule has 0 atom stereocenters. The lowest BCUT2D eigenvalue weighted by Crippen LogP contribution is -2.06. The quantitative estimate of drug-likeness (QED) is 0.650. The molecular weight excluding hydrogens is 234 g/mol. The monoisotopic (exact) mass is 253 g/mol. The van der Waals surface area contributed by atoms with Gasteiger partial charge >= 0.3 is 0 Å². The highest BCUT2D eigenvalue weighted by Crippen LogP contribution is 2.19. The summed E-state index contributed by atoms with van der Waals surface area (Å²) < 4.78 is 0. The fourth-order valence-electron chi connectivity index (χ4n) is 2.08. The van der Waals surface area contributed by atoms with E-state index in [4.69, 9.17) is 5.73 Å². The lowest BCUT2D eigenvalue weighted by Gasteiger charge is -2.08. The normalized spacial score (nSPS) is 10.4. The van der Waals surface area contributed by atoms with Crippen LogP contribution in [0.4, 0.5) is 5.69 Å². The molecule has 0 aromatic heterocycles. The van der Waals surface area contributed by atoms with Crippen molar-refractivity contribution in [2.75, 3.05) is 5.73 Å². The van der Waals surface area contributed by atoms with Crippen molar-refractivity contribution in [2.24, 2.45) is 0 Å². The minimum absolute atomic E-state index is 0.00329. The van der Waals surface area contributed by atoms with Crippen LogP contribution in [-0.4, -0.2) is 5.78 Å². The highest BCUT2D eigenvalue weighted by atomic mass is 16.1. The largest absolute Gasteiger partial charge is 0.398 e. The zero-order valence-electron chi connectivity index (χ0n) is 11.2. The number of nitrogen functional groups attached to an aromatic ring is 1. The third-order valence-corrected chi connectivity index (χ3v) is 3.22. The van der Waals surface area contributed by atoms with Crippen LogP contribution in [0.3, 0.4) is 0 Å². The highest BCUT2D eigenvalue weighted by Gasteiger charge is 2.12. The summed E-state index contributed by atoms with van der Waals surface area (Å²) in [6.45, 7) is 2.16. The van der Waals surface area contributed by atoms with Crippen molar-refractivity contribution >= 4 is 11.5 Å². The lowest BCUT2D eigenvalue weighted by molar-refractivity contribution is 0.103. The van der Waals surface area contributed by atoms with E-state index in [9.17, 15) is 4.79 Å². The molecule has 2 nitrogen and oxygen atoms in total. The maximum Gasteiger partial charge on any atom is 0.195 e. The molecule has 2 aromatic rings. The summed E-state index contributed by atoms with van der Waals surface area (Å²) in [6.07, 6.45) is 3.26. The summed E-state index contributed by atoms with van der Waals surface area (Å²) in [6, 6.07) is 15.0. The summed E-state index contributed by atoms with van der Waals surface area (Å²) in [5, 5.41) is 0. The van der Waals surface area contributed by atoms with Gasteiger partial charge in [0.25, 0.3) is 0 Å². The van der Waals surface area contributed by atoms with Gasteiger partial charge in [-0.1, -0.05) is 49.7 Å². The van der Waals surface area contributed by atoms with Crippen molar-refractivity contribution in [1.29, 1.82) is 0 Å². The van der Waals surface area contributed by atoms with E-state index in [-0.39, 0.29) is 5.78 Å². The Morgan fingerprint density at radius 1 is 1.11 bits per heavy atom. The Bertz CT molecular complexity index is 561. The molecule has 2 aromatic carbocycles. The molecule has 2 heteroatoms. The van der Waals surface area contributed by atoms with Gasteiger partial charge in [-0.05, 0) is 30.5 Å². The first-order chi connectivity index (χ1) is 9.22. The molecule has 0 aliphatic rings. The zero-order chi connectivity index (χ0) is 13.7. The SMILES string of the molecule is CCCCc1ccc(N)c(C(=O)c2ccccc2)c1. The predicted octanol–water partition coefficient (Wildman–Crippen LogP) is 3.84. The van der Waals surface area contributed by atoms with Gasteiger partial charge in [0, 0.05) is 16.8 Å². The van der Waals surface area contributed by atoms with Crippen LogP contribution < -0.4 is 5.73 Å². The number of ketones is 1. The van der Waals surface area contributed by atoms with Gasteiger partial charge in [0.1, 0.15) is 0 Å². The van der Waals surface area contributed by atoms with E-state index in [1.165, 1.54) is 5.56 Å². The average molecular weight is 253 g/mol. The molecule has 2 rings (SSSR count). The molecule has 0 heterocycles. The van der Waals surface area contributed by atoms with Crippen LogP contribution in [-0.2, 0) is 6.42 Å². The number of benzene rings is 2. The van der Waals surface area contributed by atoms with Crippen molar-refractivity contribution in [3.05, 3.63) is 65.2 Å². The Hall–Kier alpha value is -2.09. The maximum atomic E-state index is 12.4. The van der Waals surface area contributed by atoms with Crippen molar-refractivity contribution in [2.45, 2.75) is 26.2 Å². The molecule has 0 aliphatic heterocycles. The summed E-state index contributed by atoms with van der Waals surface area (Å²) in [5.41, 5.74) is 8.96. The Morgan fingerprint density at radius 2 is 1.84 bits per heavy atom. The van der Waals surface area contributed by atoms with Crippen LogP contribution in [0.1, 0.15) is 41.3 Å². The number of anilines is 1. The molecule has 2 N–H and O–H groups in total. The van der Waals surface area contributed by atoms with Crippen molar-refractivity contribution in [3.8, 4) is 0 Å². The van der Waals surface area contributed by atoms with Gasteiger partial charge in [0.05, 0.1) is 0 Å². The van der Waals surface area contributed by atoms with E-state index < -0.39 is 0 Å². The summed E-state index contributed by atoms with van der Waals surface area (Å²) >= 11 is 0. The molecule has 0 saturated carbocycles. The number of unbranched alkanes of at least 4 members (excludes halogenated alkanes) is 1. The van der Waals surface area contributed by atoms with Gasteiger partial charge in [-0.25, -0.2) is 0 Å². The standard InChI is InChI=1S/C17H19NO/c1-2-3-7-13-10-11-16(18)15(12-13)17(19)14-8-5-4-6-9-14/h4-6,8-12H,2-3,7,18H2,1H3. The fourth-order valence-corrected chi connectivity index (χ4v) is 2.08. The summed E-state index contributed by atoms with van der Waals surface area (Å²) in [7, 11) is 0. The first kappa shape index (κ1) is 13.3. The topological polar surface area (TPSA) is 43.1 Å². The second kappa shape index (κ2) is 6.19. The first-order valence-corrected chi connectivity index (χ1v) is 6.70. The molecular formula is C17H19NO. The number of carbonyl (C=O) groups excluding carboxylic acids is 1. The number of aryl methyl sites for hydroxylation is 1. The number of rotatable bonds is 5. The van der Waals surface area contributed by atoms with Crippen LogP contribution in [0.15, 0.2) is 48.5 Å². The van der Waals surface area contributed by atoms with Crippen LogP contribution in [0.25, 0.3) is 0 Å². The molecule has 0 radical (unpaired) electrons. The fraction of sp³-hybridized carbons (Fsp3) is 0.235. The smallest absolute Gasteiger partial charge is 0.195 e. The van der Waals surface area contributed by atoms with E-state index in [0.29, 0.717) is 16.8 Å². The van der Waals surface area contributed by atoms with Gasteiger partial charge < -0.3 is 5.73 Å². The Kier molecular flexibility index (Phi) is 4.35. The highest BCUT2D eigenvalue weighted by molar-refractivity contribution is 6.12. The number of carbonyl (C=O) groups is 1. The van der Waals surface area contributed by atoms with Gasteiger partial charge in [0.15, 0.2) is 5.78 Å². The minimum atomic E-state index is -0.00329. The van der Waals surface area contributed by atoms with Crippen molar-refractivity contribution < 1.29 is 4.79 Å². The van der Waals surface area contributed by atoms with E-state index in [0.717, 1.165) is 19.3 Å². The van der Waals surface area contributed by atoms with Gasteiger partial charge in [-0.15, -0.1) is 0 Å². The van der Waals surface area contributed by atoms with Gasteiger partial charge in [-0.3, -0.25) is 4.79 Å². The van der Waals surface area contributed by atoms with E-state index in [1.807, 2.05) is 48.5 Å². The molecule has 98 valence electrons. The van der Waals surface area contributed by atoms with Crippen LogP contribution in [0, 0.1) is 0 Å². The zero-order valence-corrected chi connectivity index (χ0v) is 11.2. The average Bonchev–Trinajstić information content (AvgIpc) is 2.46. The third kappa shape index (κ3) is 3.22. The number of hydrogen-bond donors (Lipinski definition) is 1. The maximum absolute atomic E-state index is 12.4.